The Morgan fingerprint density at radius 2 is 0.889 bits per heavy atom. The smallest absolute Gasteiger partial charge is 0.305 e. The Hall–Kier alpha value is -1.06. The van der Waals surface area contributed by atoms with Gasteiger partial charge in [-0.25, -0.2) is 0 Å². The predicted molar refractivity (Wildman–Crippen MR) is 112 cm³/mol. The lowest BCUT2D eigenvalue weighted by molar-refractivity contribution is -0.144. The maximum atomic E-state index is 11.6. The summed E-state index contributed by atoms with van der Waals surface area (Å²) in [5, 5.41) is 0. The third kappa shape index (κ3) is 21.1. The molecule has 0 aliphatic carbocycles. The zero-order chi connectivity index (χ0) is 20.0. The third-order valence-corrected chi connectivity index (χ3v) is 4.74. The minimum atomic E-state index is -0.129. The van der Waals surface area contributed by atoms with E-state index in [1.807, 2.05) is 6.92 Å². The highest BCUT2D eigenvalue weighted by Crippen LogP contribution is 2.11. The molecule has 0 heterocycles. The zero-order valence-corrected chi connectivity index (χ0v) is 18.1. The molecule has 0 N–H and O–H groups in total. The standard InChI is InChI=1S/C23H44O4/c1-3-5-6-7-8-9-10-11-12-13-17-21-27-23(25)19-16-14-15-18-22(24)26-20-4-2/h3-21H2,1-2H3. The van der Waals surface area contributed by atoms with Crippen molar-refractivity contribution in [1.82, 2.24) is 0 Å². The fourth-order valence-electron chi connectivity index (χ4n) is 3.03. The second-order valence-electron chi connectivity index (χ2n) is 7.54. The first-order valence-corrected chi connectivity index (χ1v) is 11.5. The Bertz CT molecular complexity index is 341. The van der Waals surface area contributed by atoms with Crippen molar-refractivity contribution >= 4 is 11.9 Å². The molecule has 0 rings (SSSR count). The lowest BCUT2D eigenvalue weighted by atomic mass is 10.1. The van der Waals surface area contributed by atoms with Crippen LogP contribution in [0.25, 0.3) is 0 Å². The summed E-state index contributed by atoms with van der Waals surface area (Å²) in [6.45, 7) is 5.30. The van der Waals surface area contributed by atoms with E-state index in [4.69, 9.17) is 9.47 Å². The summed E-state index contributed by atoms with van der Waals surface area (Å²) in [5.74, 6) is -0.230. The van der Waals surface area contributed by atoms with Crippen molar-refractivity contribution < 1.29 is 19.1 Å². The number of carbonyl (C=O) groups excluding carboxylic acids is 2. The van der Waals surface area contributed by atoms with Gasteiger partial charge in [-0.2, -0.15) is 0 Å². The van der Waals surface area contributed by atoms with Gasteiger partial charge in [0.25, 0.3) is 0 Å². The predicted octanol–water partition coefficient (Wildman–Crippen LogP) is 6.74. The van der Waals surface area contributed by atoms with Gasteiger partial charge in [0.05, 0.1) is 13.2 Å². The first kappa shape index (κ1) is 25.9. The van der Waals surface area contributed by atoms with Crippen molar-refractivity contribution in [3.8, 4) is 0 Å². The van der Waals surface area contributed by atoms with E-state index in [0.29, 0.717) is 26.1 Å². The lowest BCUT2D eigenvalue weighted by Crippen LogP contribution is -2.06. The lowest BCUT2D eigenvalue weighted by Gasteiger charge is -2.06. The van der Waals surface area contributed by atoms with Crippen LogP contribution in [0.4, 0.5) is 0 Å². The fraction of sp³-hybridized carbons (Fsp3) is 0.913. The molecule has 0 amide bonds. The average Bonchev–Trinajstić information content (AvgIpc) is 2.67. The second kappa shape index (κ2) is 21.2. The average molecular weight is 385 g/mol. The summed E-state index contributed by atoms with van der Waals surface area (Å²) in [5.41, 5.74) is 0. The van der Waals surface area contributed by atoms with E-state index in [-0.39, 0.29) is 11.9 Å². The Labute approximate surface area is 167 Å². The number of unbranched alkanes of at least 4 members (excludes halogenated alkanes) is 12. The van der Waals surface area contributed by atoms with Crippen LogP contribution >= 0.6 is 0 Å². The van der Waals surface area contributed by atoms with E-state index in [9.17, 15) is 9.59 Å². The Kier molecular flexibility index (Phi) is 20.4. The molecule has 0 aromatic carbocycles. The molecule has 27 heavy (non-hydrogen) atoms. The monoisotopic (exact) mass is 384 g/mol. The molecule has 0 saturated carbocycles. The fourth-order valence-corrected chi connectivity index (χ4v) is 3.03. The number of esters is 2. The van der Waals surface area contributed by atoms with Crippen molar-refractivity contribution in [3.05, 3.63) is 0 Å². The SMILES string of the molecule is CCCCCCCCCCCCCOC(=O)CCCCCC(=O)OCCC. The summed E-state index contributed by atoms with van der Waals surface area (Å²) < 4.78 is 10.3. The van der Waals surface area contributed by atoms with Crippen LogP contribution < -0.4 is 0 Å². The molecular weight excluding hydrogens is 340 g/mol. The normalized spacial score (nSPS) is 10.7. The van der Waals surface area contributed by atoms with Gasteiger partial charge in [-0.15, -0.1) is 0 Å². The Balaban J connectivity index is 3.22. The molecule has 0 saturated heterocycles. The molecule has 0 bridgehead atoms. The largest absolute Gasteiger partial charge is 0.466 e. The maximum Gasteiger partial charge on any atom is 0.305 e. The van der Waals surface area contributed by atoms with Crippen LogP contribution in [0.2, 0.25) is 0 Å². The quantitative estimate of drug-likeness (QED) is 0.172. The molecule has 0 aliphatic heterocycles. The highest BCUT2D eigenvalue weighted by Gasteiger charge is 2.05. The number of carbonyl (C=O) groups is 2. The molecule has 0 spiro atoms. The molecule has 0 unspecified atom stereocenters. The highest BCUT2D eigenvalue weighted by atomic mass is 16.5. The molecule has 4 heteroatoms. The van der Waals surface area contributed by atoms with Crippen LogP contribution in [0.1, 0.15) is 123 Å². The van der Waals surface area contributed by atoms with E-state index in [2.05, 4.69) is 6.92 Å². The van der Waals surface area contributed by atoms with Crippen molar-refractivity contribution in [2.45, 2.75) is 123 Å². The van der Waals surface area contributed by atoms with Crippen molar-refractivity contribution in [2.24, 2.45) is 0 Å². The Morgan fingerprint density at radius 3 is 1.37 bits per heavy atom. The van der Waals surface area contributed by atoms with Gasteiger partial charge in [-0.1, -0.05) is 84.5 Å². The second-order valence-corrected chi connectivity index (χ2v) is 7.54. The van der Waals surface area contributed by atoms with Gasteiger partial charge in [-0.3, -0.25) is 9.59 Å². The molecule has 0 aromatic rings. The maximum absolute atomic E-state index is 11.6. The van der Waals surface area contributed by atoms with Gasteiger partial charge >= 0.3 is 11.9 Å². The van der Waals surface area contributed by atoms with Crippen LogP contribution in [-0.2, 0) is 19.1 Å². The summed E-state index contributed by atoms with van der Waals surface area (Å²) in [4.78, 5) is 23.0. The van der Waals surface area contributed by atoms with E-state index >= 15 is 0 Å². The van der Waals surface area contributed by atoms with Gasteiger partial charge in [-0.05, 0) is 25.7 Å². The minimum absolute atomic E-state index is 0.101. The van der Waals surface area contributed by atoms with Gasteiger partial charge in [0.15, 0.2) is 0 Å². The topological polar surface area (TPSA) is 52.6 Å². The molecule has 0 radical (unpaired) electrons. The molecular formula is C23H44O4. The summed E-state index contributed by atoms with van der Waals surface area (Å²) in [7, 11) is 0. The minimum Gasteiger partial charge on any atom is -0.466 e. The van der Waals surface area contributed by atoms with Crippen LogP contribution in [-0.4, -0.2) is 25.2 Å². The molecule has 0 aliphatic rings. The van der Waals surface area contributed by atoms with E-state index in [0.717, 1.165) is 38.5 Å². The van der Waals surface area contributed by atoms with Gasteiger partial charge in [0.1, 0.15) is 0 Å². The summed E-state index contributed by atoms with van der Waals surface area (Å²) in [6, 6.07) is 0. The number of rotatable bonds is 20. The van der Waals surface area contributed by atoms with Crippen molar-refractivity contribution in [1.29, 1.82) is 0 Å². The molecule has 0 atom stereocenters. The number of hydrogen-bond donors (Lipinski definition) is 0. The van der Waals surface area contributed by atoms with Crippen molar-refractivity contribution in [2.75, 3.05) is 13.2 Å². The van der Waals surface area contributed by atoms with Crippen LogP contribution in [0.3, 0.4) is 0 Å². The van der Waals surface area contributed by atoms with Gasteiger partial charge < -0.3 is 9.47 Å². The molecule has 0 aromatic heterocycles. The molecule has 4 nitrogen and oxygen atoms in total. The molecule has 160 valence electrons. The third-order valence-electron chi connectivity index (χ3n) is 4.74. The first-order chi connectivity index (χ1) is 13.2. The highest BCUT2D eigenvalue weighted by molar-refractivity contribution is 5.69. The van der Waals surface area contributed by atoms with Crippen LogP contribution in [0, 0.1) is 0 Å². The van der Waals surface area contributed by atoms with E-state index in [1.165, 1.54) is 57.8 Å². The van der Waals surface area contributed by atoms with Crippen LogP contribution in [0.15, 0.2) is 0 Å². The number of hydrogen-bond acceptors (Lipinski definition) is 4. The summed E-state index contributed by atoms with van der Waals surface area (Å²) in [6.07, 6.45) is 18.5. The Morgan fingerprint density at radius 1 is 0.481 bits per heavy atom. The van der Waals surface area contributed by atoms with Gasteiger partial charge in [0.2, 0.25) is 0 Å². The van der Waals surface area contributed by atoms with Crippen LogP contribution in [0.5, 0.6) is 0 Å². The van der Waals surface area contributed by atoms with Gasteiger partial charge in [0, 0.05) is 12.8 Å². The zero-order valence-electron chi connectivity index (χ0n) is 18.1. The first-order valence-electron chi connectivity index (χ1n) is 11.5. The van der Waals surface area contributed by atoms with E-state index in [1.54, 1.807) is 0 Å². The van der Waals surface area contributed by atoms with E-state index < -0.39 is 0 Å². The molecule has 0 fully saturated rings. The van der Waals surface area contributed by atoms with Crippen molar-refractivity contribution in [3.63, 3.8) is 0 Å². The summed E-state index contributed by atoms with van der Waals surface area (Å²) >= 11 is 0. The number of ether oxygens (including phenoxy) is 2.